The summed E-state index contributed by atoms with van der Waals surface area (Å²) in [5, 5.41) is 10.0. The Kier molecular flexibility index (Phi) is 5.74. The molecular formula is C22H25N5O2. The second-order valence-corrected chi connectivity index (χ2v) is 7.46. The molecule has 0 radical (unpaired) electrons. The third-order valence-corrected chi connectivity index (χ3v) is 5.15. The van der Waals surface area contributed by atoms with Crippen LogP contribution in [-0.2, 0) is 22.6 Å². The summed E-state index contributed by atoms with van der Waals surface area (Å²) in [5.41, 5.74) is 2.57. The van der Waals surface area contributed by atoms with Crippen LogP contribution in [0.2, 0.25) is 0 Å². The largest absolute Gasteiger partial charge is 0.352 e. The van der Waals surface area contributed by atoms with Gasteiger partial charge in [0.05, 0.1) is 18.3 Å². The van der Waals surface area contributed by atoms with Crippen molar-refractivity contribution in [3.63, 3.8) is 0 Å². The summed E-state index contributed by atoms with van der Waals surface area (Å²) < 4.78 is 3.56. The van der Waals surface area contributed by atoms with E-state index in [1.165, 1.54) is 12.8 Å². The fourth-order valence-electron chi connectivity index (χ4n) is 3.69. The smallest absolute Gasteiger partial charge is 0.241 e. The molecule has 0 aliphatic heterocycles. The molecule has 2 N–H and O–H groups in total. The van der Waals surface area contributed by atoms with Gasteiger partial charge in [0.2, 0.25) is 11.8 Å². The van der Waals surface area contributed by atoms with E-state index in [2.05, 4.69) is 15.7 Å². The highest BCUT2D eigenvalue weighted by Crippen LogP contribution is 2.17. The summed E-state index contributed by atoms with van der Waals surface area (Å²) in [5.74, 6) is -0.158. The zero-order valence-electron chi connectivity index (χ0n) is 16.3. The molecule has 2 amide bonds. The number of hydrogen-bond donors (Lipinski definition) is 2. The average molecular weight is 391 g/mol. The van der Waals surface area contributed by atoms with E-state index in [0.717, 1.165) is 24.1 Å². The summed E-state index contributed by atoms with van der Waals surface area (Å²) >= 11 is 0. The minimum Gasteiger partial charge on any atom is -0.352 e. The molecule has 0 unspecified atom stereocenters. The van der Waals surface area contributed by atoms with Gasteiger partial charge < -0.3 is 15.2 Å². The summed E-state index contributed by atoms with van der Waals surface area (Å²) in [6.07, 6.45) is 11.9. The van der Waals surface area contributed by atoms with Gasteiger partial charge in [-0.15, -0.1) is 0 Å². The first-order valence-corrected chi connectivity index (χ1v) is 10.00. The van der Waals surface area contributed by atoms with E-state index in [1.807, 2.05) is 53.4 Å². The Labute approximate surface area is 169 Å². The maximum atomic E-state index is 12.3. The normalized spacial score (nSPS) is 14.1. The van der Waals surface area contributed by atoms with Crippen LogP contribution in [-0.4, -0.2) is 32.2 Å². The van der Waals surface area contributed by atoms with Gasteiger partial charge in [0.15, 0.2) is 0 Å². The van der Waals surface area contributed by atoms with Crippen LogP contribution in [0.25, 0.3) is 5.69 Å². The minimum absolute atomic E-state index is 0.0411. The zero-order valence-corrected chi connectivity index (χ0v) is 16.3. The average Bonchev–Trinajstić information content (AvgIpc) is 3.45. The third-order valence-electron chi connectivity index (χ3n) is 5.15. The Morgan fingerprint density at radius 1 is 1.03 bits per heavy atom. The lowest BCUT2D eigenvalue weighted by molar-refractivity contribution is -0.122. The van der Waals surface area contributed by atoms with E-state index in [4.69, 9.17) is 0 Å². The zero-order chi connectivity index (χ0) is 20.1. The fourth-order valence-corrected chi connectivity index (χ4v) is 3.69. The summed E-state index contributed by atoms with van der Waals surface area (Å²) in [6.45, 7) is 0.160. The van der Waals surface area contributed by atoms with Crippen LogP contribution in [0, 0.1) is 0 Å². The van der Waals surface area contributed by atoms with Crippen molar-refractivity contribution in [1.82, 2.24) is 19.7 Å². The van der Waals surface area contributed by atoms with Crippen LogP contribution >= 0.6 is 0 Å². The van der Waals surface area contributed by atoms with E-state index in [1.54, 1.807) is 17.1 Å². The van der Waals surface area contributed by atoms with Crippen LogP contribution in [0.3, 0.4) is 0 Å². The maximum Gasteiger partial charge on any atom is 0.241 e. The Morgan fingerprint density at radius 3 is 2.48 bits per heavy atom. The molecule has 0 bridgehead atoms. The van der Waals surface area contributed by atoms with Crippen molar-refractivity contribution < 1.29 is 9.59 Å². The van der Waals surface area contributed by atoms with E-state index in [0.29, 0.717) is 11.7 Å². The molecule has 7 nitrogen and oxygen atoms in total. The number of anilines is 1. The predicted molar refractivity (Wildman–Crippen MR) is 111 cm³/mol. The lowest BCUT2D eigenvalue weighted by Gasteiger charge is -2.11. The van der Waals surface area contributed by atoms with Crippen molar-refractivity contribution in [1.29, 1.82) is 0 Å². The van der Waals surface area contributed by atoms with Crippen molar-refractivity contribution in [2.24, 2.45) is 0 Å². The SMILES string of the molecule is O=C(Cc1ccc(-n2cccc2)cc1)Nc1cnn(CC(=O)NC2CCCC2)c1. The van der Waals surface area contributed by atoms with E-state index < -0.39 is 0 Å². The number of nitrogens with one attached hydrogen (secondary N) is 2. The van der Waals surface area contributed by atoms with Crippen LogP contribution < -0.4 is 10.6 Å². The van der Waals surface area contributed by atoms with Gasteiger partial charge in [-0.3, -0.25) is 14.3 Å². The lowest BCUT2D eigenvalue weighted by Crippen LogP contribution is -2.35. The molecule has 7 heteroatoms. The van der Waals surface area contributed by atoms with Gasteiger partial charge in [-0.1, -0.05) is 25.0 Å². The van der Waals surface area contributed by atoms with Crippen molar-refractivity contribution in [2.45, 2.75) is 44.7 Å². The highest BCUT2D eigenvalue weighted by atomic mass is 16.2. The second-order valence-electron chi connectivity index (χ2n) is 7.46. The van der Waals surface area contributed by atoms with Crippen molar-refractivity contribution >= 4 is 17.5 Å². The molecule has 1 aromatic carbocycles. The fraction of sp³-hybridized carbons (Fsp3) is 0.318. The molecule has 2 aromatic heterocycles. The second kappa shape index (κ2) is 8.77. The quantitative estimate of drug-likeness (QED) is 0.650. The van der Waals surface area contributed by atoms with Gasteiger partial charge in [0.1, 0.15) is 6.54 Å². The van der Waals surface area contributed by atoms with E-state index >= 15 is 0 Å². The number of rotatable bonds is 7. The van der Waals surface area contributed by atoms with Crippen LogP contribution in [0.5, 0.6) is 0 Å². The van der Waals surface area contributed by atoms with Crippen LogP contribution in [0.1, 0.15) is 31.2 Å². The molecule has 0 atom stereocenters. The van der Waals surface area contributed by atoms with Crippen molar-refractivity contribution in [3.05, 3.63) is 66.7 Å². The van der Waals surface area contributed by atoms with E-state index in [9.17, 15) is 9.59 Å². The Bertz CT molecular complexity index is 954. The Hall–Kier alpha value is -3.35. The summed E-state index contributed by atoms with van der Waals surface area (Å²) in [6, 6.07) is 12.1. The molecular weight excluding hydrogens is 366 g/mol. The number of benzene rings is 1. The molecule has 2 heterocycles. The molecule has 1 aliphatic rings. The van der Waals surface area contributed by atoms with Crippen molar-refractivity contribution in [3.8, 4) is 5.69 Å². The first kappa shape index (κ1) is 19.0. The molecule has 0 saturated heterocycles. The number of hydrogen-bond acceptors (Lipinski definition) is 3. The monoisotopic (exact) mass is 391 g/mol. The lowest BCUT2D eigenvalue weighted by atomic mass is 10.1. The van der Waals surface area contributed by atoms with Gasteiger partial charge in [-0.2, -0.15) is 5.10 Å². The van der Waals surface area contributed by atoms with Gasteiger partial charge in [0.25, 0.3) is 0 Å². The number of amides is 2. The van der Waals surface area contributed by atoms with Gasteiger partial charge in [-0.05, 0) is 42.7 Å². The molecule has 29 heavy (non-hydrogen) atoms. The highest BCUT2D eigenvalue weighted by Gasteiger charge is 2.17. The number of carbonyl (C=O) groups is 2. The molecule has 3 aromatic rings. The Balaban J connectivity index is 1.27. The van der Waals surface area contributed by atoms with Gasteiger partial charge in [-0.25, -0.2) is 0 Å². The van der Waals surface area contributed by atoms with Gasteiger partial charge >= 0.3 is 0 Å². The molecule has 4 rings (SSSR count). The molecule has 1 fully saturated rings. The van der Waals surface area contributed by atoms with E-state index in [-0.39, 0.29) is 24.8 Å². The predicted octanol–water partition coefficient (Wildman–Crippen LogP) is 2.91. The Morgan fingerprint density at radius 2 is 1.76 bits per heavy atom. The summed E-state index contributed by atoms with van der Waals surface area (Å²) in [4.78, 5) is 24.4. The highest BCUT2D eigenvalue weighted by molar-refractivity contribution is 5.92. The third kappa shape index (κ3) is 5.13. The number of nitrogens with zero attached hydrogens (tertiary/aromatic N) is 3. The maximum absolute atomic E-state index is 12.3. The molecule has 0 spiro atoms. The van der Waals surface area contributed by atoms with Crippen molar-refractivity contribution in [2.75, 3.05) is 5.32 Å². The topological polar surface area (TPSA) is 81.0 Å². The molecule has 150 valence electrons. The van der Waals surface area contributed by atoms with Crippen LogP contribution in [0.15, 0.2) is 61.2 Å². The number of carbonyl (C=O) groups excluding carboxylic acids is 2. The standard InChI is InChI=1S/C22H25N5O2/c28-21(13-17-7-9-20(10-8-17)26-11-3-4-12-26)25-19-14-23-27(15-19)16-22(29)24-18-5-1-2-6-18/h3-4,7-12,14-15,18H,1-2,5-6,13,16H2,(H,24,29)(H,25,28). The van der Waals surface area contributed by atoms with Crippen LogP contribution in [0.4, 0.5) is 5.69 Å². The molecule has 1 saturated carbocycles. The first-order chi connectivity index (χ1) is 14.2. The van der Waals surface area contributed by atoms with Gasteiger partial charge in [0, 0.05) is 30.3 Å². The summed E-state index contributed by atoms with van der Waals surface area (Å²) in [7, 11) is 0. The molecule has 1 aliphatic carbocycles. The first-order valence-electron chi connectivity index (χ1n) is 10.00. The minimum atomic E-state index is -0.117. The number of aromatic nitrogens is 3.